The van der Waals surface area contributed by atoms with Gasteiger partial charge in [0.15, 0.2) is 0 Å². The van der Waals surface area contributed by atoms with E-state index in [2.05, 4.69) is 10.6 Å². The van der Waals surface area contributed by atoms with Gasteiger partial charge in [0.1, 0.15) is 5.69 Å². The first-order valence-electron chi connectivity index (χ1n) is 5.90. The van der Waals surface area contributed by atoms with Gasteiger partial charge in [0.2, 0.25) is 0 Å². The van der Waals surface area contributed by atoms with Crippen LogP contribution in [0.5, 0.6) is 0 Å². The molecule has 18 heavy (non-hydrogen) atoms. The van der Waals surface area contributed by atoms with E-state index >= 15 is 0 Å². The molecule has 0 spiro atoms. The van der Waals surface area contributed by atoms with E-state index in [1.54, 1.807) is 7.05 Å². The van der Waals surface area contributed by atoms with Crippen LogP contribution in [0.4, 0.5) is 5.69 Å². The van der Waals surface area contributed by atoms with E-state index in [4.69, 9.17) is 0 Å². The monoisotopic (exact) mass is 250 g/mol. The predicted octanol–water partition coefficient (Wildman–Crippen LogP) is -0.119. The van der Waals surface area contributed by atoms with E-state index in [1.165, 1.54) is 16.8 Å². The second-order valence-corrected chi connectivity index (χ2v) is 4.94. The van der Waals surface area contributed by atoms with Crippen LogP contribution >= 0.6 is 0 Å². The van der Waals surface area contributed by atoms with Gasteiger partial charge in [-0.15, -0.1) is 0 Å². The van der Waals surface area contributed by atoms with Gasteiger partial charge >= 0.3 is 0 Å². The van der Waals surface area contributed by atoms with E-state index in [0.29, 0.717) is 17.5 Å². The number of aryl methyl sites for hydroxylation is 1. The number of aromatic nitrogens is 1. The Bertz CT molecular complexity index is 514. The molecule has 2 fully saturated rings. The van der Waals surface area contributed by atoms with Gasteiger partial charge in [-0.25, -0.2) is 0 Å². The molecule has 7 nitrogen and oxygen atoms in total. The fourth-order valence-electron chi connectivity index (χ4n) is 2.73. The number of fused-ring (bicyclic) bond motifs is 1. The normalized spacial score (nSPS) is 28.8. The minimum absolute atomic E-state index is 0.0553. The fraction of sp³-hybridized carbons (Fsp3) is 0.545. The third kappa shape index (κ3) is 1.67. The van der Waals surface area contributed by atoms with Crippen molar-refractivity contribution < 1.29 is 9.72 Å². The van der Waals surface area contributed by atoms with Gasteiger partial charge in [0.05, 0.1) is 11.1 Å². The number of nitrogens with one attached hydrogen (secondary N) is 2. The molecular formula is C11H14N4O3. The lowest BCUT2D eigenvalue weighted by molar-refractivity contribution is -0.384. The van der Waals surface area contributed by atoms with Crippen LogP contribution < -0.4 is 10.6 Å². The molecule has 1 aliphatic heterocycles. The molecule has 0 aromatic carbocycles. The van der Waals surface area contributed by atoms with E-state index in [-0.39, 0.29) is 17.6 Å². The molecule has 1 aliphatic carbocycles. The summed E-state index contributed by atoms with van der Waals surface area (Å²) in [7, 11) is 1.64. The zero-order valence-corrected chi connectivity index (χ0v) is 9.92. The van der Waals surface area contributed by atoms with Crippen LogP contribution in [0.2, 0.25) is 0 Å². The summed E-state index contributed by atoms with van der Waals surface area (Å²) in [6, 6.07) is 1.54. The van der Waals surface area contributed by atoms with Gasteiger partial charge in [-0.05, 0) is 11.8 Å². The van der Waals surface area contributed by atoms with E-state index < -0.39 is 4.92 Å². The molecule has 2 heterocycles. The lowest BCUT2D eigenvalue weighted by Gasteiger charge is -2.07. The standard InChI is InChI=1S/C11H14N4O3/c1-14-5-6(15(17)18)2-9(14)11(16)13-10-7-3-12-4-8(7)10/h2,5,7-8,10,12H,3-4H2,1H3,(H,13,16). The number of hydrogen-bond donors (Lipinski definition) is 2. The maximum atomic E-state index is 12.0. The van der Waals surface area contributed by atoms with E-state index in [0.717, 1.165) is 13.1 Å². The molecule has 1 amide bonds. The third-order valence-corrected chi connectivity index (χ3v) is 3.82. The average Bonchev–Trinajstić information content (AvgIpc) is 2.73. The molecule has 1 saturated carbocycles. The highest BCUT2D eigenvalue weighted by Gasteiger charge is 2.53. The number of nitrogens with zero attached hydrogens (tertiary/aromatic N) is 2. The second kappa shape index (κ2) is 3.81. The maximum absolute atomic E-state index is 12.0. The Morgan fingerprint density at radius 1 is 1.56 bits per heavy atom. The van der Waals surface area contributed by atoms with Gasteiger partial charge in [-0.3, -0.25) is 14.9 Å². The van der Waals surface area contributed by atoms with E-state index in [9.17, 15) is 14.9 Å². The number of nitro groups is 1. The summed E-state index contributed by atoms with van der Waals surface area (Å²) in [4.78, 5) is 22.1. The van der Waals surface area contributed by atoms with Crippen molar-refractivity contribution in [3.05, 3.63) is 28.1 Å². The highest BCUT2D eigenvalue weighted by atomic mass is 16.6. The molecule has 3 rings (SSSR count). The Balaban J connectivity index is 1.70. The van der Waals surface area contributed by atoms with Crippen molar-refractivity contribution in [2.24, 2.45) is 18.9 Å². The molecule has 2 unspecified atom stereocenters. The molecule has 2 atom stereocenters. The van der Waals surface area contributed by atoms with Gasteiger partial charge < -0.3 is 15.2 Å². The minimum Gasteiger partial charge on any atom is -0.347 e. The first-order chi connectivity index (χ1) is 8.58. The summed E-state index contributed by atoms with van der Waals surface area (Å²) in [5, 5.41) is 16.8. The molecule has 0 radical (unpaired) electrons. The van der Waals surface area contributed by atoms with Gasteiger partial charge in [0.25, 0.3) is 11.6 Å². The fourth-order valence-corrected chi connectivity index (χ4v) is 2.73. The van der Waals surface area contributed by atoms with Gasteiger partial charge in [-0.1, -0.05) is 0 Å². The number of amides is 1. The molecule has 2 N–H and O–H groups in total. The highest BCUT2D eigenvalue weighted by molar-refractivity contribution is 5.94. The summed E-state index contributed by atoms with van der Waals surface area (Å²) in [5.74, 6) is 0.832. The topological polar surface area (TPSA) is 89.2 Å². The Morgan fingerprint density at radius 3 is 2.78 bits per heavy atom. The number of hydrogen-bond acceptors (Lipinski definition) is 4. The van der Waals surface area contributed by atoms with Crippen molar-refractivity contribution in [3.8, 4) is 0 Å². The lowest BCUT2D eigenvalue weighted by Crippen LogP contribution is -2.33. The Hall–Kier alpha value is -1.89. The van der Waals surface area contributed by atoms with Crippen LogP contribution in [0.3, 0.4) is 0 Å². The molecule has 1 aromatic rings. The Morgan fingerprint density at radius 2 is 2.22 bits per heavy atom. The molecule has 7 heteroatoms. The van der Waals surface area contributed by atoms with Crippen LogP contribution in [0, 0.1) is 22.0 Å². The Labute approximate surface area is 103 Å². The Kier molecular flexibility index (Phi) is 2.37. The van der Waals surface area contributed by atoms with Crippen LogP contribution in [-0.4, -0.2) is 34.5 Å². The largest absolute Gasteiger partial charge is 0.347 e. The van der Waals surface area contributed by atoms with Gasteiger partial charge in [0, 0.05) is 32.2 Å². The maximum Gasteiger partial charge on any atom is 0.287 e. The number of carbonyl (C=O) groups is 1. The first kappa shape index (κ1) is 11.2. The minimum atomic E-state index is -0.493. The zero-order valence-electron chi connectivity index (χ0n) is 9.92. The first-order valence-corrected chi connectivity index (χ1v) is 5.90. The highest BCUT2D eigenvalue weighted by Crippen LogP contribution is 2.41. The van der Waals surface area contributed by atoms with Crippen LogP contribution in [0.1, 0.15) is 10.5 Å². The lowest BCUT2D eigenvalue weighted by atomic mass is 10.3. The average molecular weight is 250 g/mol. The second-order valence-electron chi connectivity index (χ2n) is 4.94. The van der Waals surface area contributed by atoms with Crippen molar-refractivity contribution in [2.45, 2.75) is 6.04 Å². The number of piperidine rings is 1. The predicted molar refractivity (Wildman–Crippen MR) is 63.2 cm³/mol. The summed E-state index contributed by atoms with van der Waals surface area (Å²) in [6.07, 6.45) is 1.35. The summed E-state index contributed by atoms with van der Waals surface area (Å²) in [6.45, 7) is 1.89. The van der Waals surface area contributed by atoms with Crippen molar-refractivity contribution in [3.63, 3.8) is 0 Å². The SMILES string of the molecule is Cn1cc([N+](=O)[O-])cc1C(=O)NC1C2CNCC21. The van der Waals surface area contributed by atoms with Crippen molar-refractivity contribution >= 4 is 11.6 Å². The third-order valence-electron chi connectivity index (χ3n) is 3.82. The molecule has 1 aromatic heterocycles. The van der Waals surface area contributed by atoms with Crippen molar-refractivity contribution in [1.29, 1.82) is 0 Å². The molecule has 96 valence electrons. The van der Waals surface area contributed by atoms with Gasteiger partial charge in [-0.2, -0.15) is 0 Å². The molecule has 1 saturated heterocycles. The van der Waals surface area contributed by atoms with E-state index in [1.807, 2.05) is 0 Å². The van der Waals surface area contributed by atoms with Crippen LogP contribution in [0.15, 0.2) is 12.3 Å². The molecule has 2 aliphatic rings. The van der Waals surface area contributed by atoms with Crippen LogP contribution in [0.25, 0.3) is 0 Å². The number of rotatable bonds is 3. The van der Waals surface area contributed by atoms with Crippen molar-refractivity contribution in [2.75, 3.05) is 13.1 Å². The summed E-state index contributed by atoms with van der Waals surface area (Å²) >= 11 is 0. The summed E-state index contributed by atoms with van der Waals surface area (Å²) < 4.78 is 1.49. The summed E-state index contributed by atoms with van der Waals surface area (Å²) in [5.41, 5.74) is 0.278. The number of carbonyl (C=O) groups excluding carboxylic acids is 1. The van der Waals surface area contributed by atoms with Crippen molar-refractivity contribution in [1.82, 2.24) is 15.2 Å². The zero-order chi connectivity index (χ0) is 12.9. The quantitative estimate of drug-likeness (QED) is 0.578. The smallest absolute Gasteiger partial charge is 0.287 e. The molecule has 0 bridgehead atoms. The van der Waals surface area contributed by atoms with Crippen LogP contribution in [-0.2, 0) is 7.05 Å². The molecular weight excluding hydrogens is 236 g/mol.